The number of hydrogen-bond donors (Lipinski definition) is 2. The van der Waals surface area contributed by atoms with E-state index in [1.165, 1.54) is 21.6 Å². The predicted molar refractivity (Wildman–Crippen MR) is 145 cm³/mol. The molecule has 0 spiro atoms. The van der Waals surface area contributed by atoms with Gasteiger partial charge >= 0.3 is 0 Å². The van der Waals surface area contributed by atoms with Crippen molar-refractivity contribution in [3.05, 3.63) is 64.8 Å². The lowest BCUT2D eigenvalue weighted by atomic mass is 9.91. The van der Waals surface area contributed by atoms with Gasteiger partial charge in [-0.15, -0.1) is 11.8 Å². The number of rotatable bonds is 8. The second kappa shape index (κ2) is 16.0. The number of nitrogens with two attached hydrogens (primary N) is 1. The molecule has 0 amide bonds. The first kappa shape index (κ1) is 28.3. The normalized spacial score (nSPS) is 21.2. The van der Waals surface area contributed by atoms with Crippen molar-refractivity contribution in [2.45, 2.75) is 53.9 Å². The summed E-state index contributed by atoms with van der Waals surface area (Å²) in [5.41, 5.74) is 12.2. The van der Waals surface area contributed by atoms with E-state index in [1.54, 1.807) is 7.11 Å². The molecule has 3 nitrogen and oxygen atoms in total. The Hall–Kier alpha value is -1.75. The quantitative estimate of drug-likeness (QED) is 0.408. The second-order valence-corrected chi connectivity index (χ2v) is 9.15. The van der Waals surface area contributed by atoms with Crippen molar-refractivity contribution in [3.8, 4) is 0 Å². The van der Waals surface area contributed by atoms with Crippen molar-refractivity contribution in [1.82, 2.24) is 0 Å². The van der Waals surface area contributed by atoms with Crippen LogP contribution in [0.15, 0.2) is 48.1 Å². The Bertz CT molecular complexity index is 806. The van der Waals surface area contributed by atoms with E-state index in [0.717, 1.165) is 42.9 Å². The summed E-state index contributed by atoms with van der Waals surface area (Å²) in [4.78, 5) is 1.31. The number of anilines is 1. The van der Waals surface area contributed by atoms with Gasteiger partial charge in [0.15, 0.2) is 0 Å². The number of aryl methyl sites for hydroxylation is 1. The van der Waals surface area contributed by atoms with E-state index in [2.05, 4.69) is 81.0 Å². The monoisotopic (exact) mass is 457 g/mol. The minimum Gasteiger partial charge on any atom is -0.398 e. The molecule has 2 unspecified atom stereocenters. The first-order chi connectivity index (χ1) is 15.4. The number of thioether (sulfide) groups is 1. The van der Waals surface area contributed by atoms with Crippen LogP contribution in [0.5, 0.6) is 0 Å². The zero-order valence-corrected chi connectivity index (χ0v) is 21.7. The molecule has 4 heteroatoms. The zero-order valence-electron chi connectivity index (χ0n) is 20.9. The van der Waals surface area contributed by atoms with E-state index in [4.69, 9.17) is 5.73 Å². The van der Waals surface area contributed by atoms with Crippen LogP contribution in [-0.2, 0) is 11.2 Å². The average molecular weight is 458 g/mol. The molecule has 32 heavy (non-hydrogen) atoms. The first-order valence-corrected chi connectivity index (χ1v) is 12.8. The predicted octanol–water partition coefficient (Wildman–Crippen LogP) is 7.13. The number of aliphatic hydroxyl groups excluding tert-OH is 1. The highest BCUT2D eigenvalue weighted by Crippen LogP contribution is 2.35. The van der Waals surface area contributed by atoms with E-state index < -0.39 is 0 Å². The van der Waals surface area contributed by atoms with Gasteiger partial charge in [0.25, 0.3) is 0 Å². The second-order valence-electron chi connectivity index (χ2n) is 8.09. The lowest BCUT2D eigenvalue weighted by molar-refractivity contribution is 0.215. The Morgan fingerprint density at radius 1 is 1.28 bits per heavy atom. The Morgan fingerprint density at radius 2 is 2.00 bits per heavy atom. The fourth-order valence-corrected chi connectivity index (χ4v) is 4.58. The molecule has 1 aromatic rings. The van der Waals surface area contributed by atoms with E-state index in [1.807, 2.05) is 18.7 Å². The van der Waals surface area contributed by atoms with Gasteiger partial charge in [0, 0.05) is 36.7 Å². The number of nitrogen functional groups attached to an aromatic ring is 1. The third-order valence-electron chi connectivity index (χ3n) is 5.66. The summed E-state index contributed by atoms with van der Waals surface area (Å²) in [6, 6.07) is 4.49. The van der Waals surface area contributed by atoms with E-state index in [-0.39, 0.29) is 6.61 Å². The van der Waals surface area contributed by atoms with Gasteiger partial charge in [0.05, 0.1) is 0 Å². The molecular formula is C28H43NO2S. The lowest BCUT2D eigenvalue weighted by Gasteiger charge is -2.17. The molecule has 0 aliphatic carbocycles. The van der Waals surface area contributed by atoms with Gasteiger partial charge in [0.2, 0.25) is 0 Å². The molecule has 2 atom stereocenters. The molecule has 1 aliphatic heterocycles. The summed E-state index contributed by atoms with van der Waals surface area (Å²) in [6.07, 6.45) is 16.0. The van der Waals surface area contributed by atoms with Crippen LogP contribution < -0.4 is 5.73 Å². The fraction of sp³-hybridized carbons (Fsp3) is 0.500. The third-order valence-corrected chi connectivity index (χ3v) is 6.70. The molecule has 0 bridgehead atoms. The Labute approximate surface area is 200 Å². The molecule has 1 aromatic carbocycles. The Morgan fingerprint density at radius 3 is 2.59 bits per heavy atom. The maximum Gasteiger partial charge on any atom is 0.0436 e. The van der Waals surface area contributed by atoms with Gasteiger partial charge in [-0.2, -0.15) is 0 Å². The van der Waals surface area contributed by atoms with Gasteiger partial charge in [-0.3, -0.25) is 0 Å². The summed E-state index contributed by atoms with van der Waals surface area (Å²) >= 11 is 1.88. The molecule has 0 saturated carbocycles. The largest absolute Gasteiger partial charge is 0.398 e. The summed E-state index contributed by atoms with van der Waals surface area (Å²) in [6.45, 7) is 11.7. The number of allylic oxidation sites excluding steroid dienone is 5. The van der Waals surface area contributed by atoms with Gasteiger partial charge in [-0.05, 0) is 73.8 Å². The van der Waals surface area contributed by atoms with Crippen LogP contribution in [-0.4, -0.2) is 31.2 Å². The Kier molecular flexibility index (Phi) is 14.1. The summed E-state index contributed by atoms with van der Waals surface area (Å²) in [5.74, 6) is 1.75. The van der Waals surface area contributed by atoms with Gasteiger partial charge in [-0.25, -0.2) is 0 Å². The van der Waals surface area contributed by atoms with Crippen LogP contribution in [0.4, 0.5) is 5.69 Å². The highest BCUT2D eigenvalue weighted by atomic mass is 32.2. The van der Waals surface area contributed by atoms with E-state index in [0.29, 0.717) is 11.8 Å². The number of methoxy groups -OCH3 is 1. The SMILES string of the molecule is CCOC.CCc1cc(/C2=C/C(C)/C=C\C=C/CS2)cc(/C=C(\C)C(CC)CCO)c1N. The van der Waals surface area contributed by atoms with Crippen molar-refractivity contribution < 1.29 is 9.84 Å². The lowest BCUT2D eigenvalue weighted by Crippen LogP contribution is -2.04. The van der Waals surface area contributed by atoms with Crippen molar-refractivity contribution in [2.24, 2.45) is 11.8 Å². The summed E-state index contributed by atoms with van der Waals surface area (Å²) < 4.78 is 4.54. The van der Waals surface area contributed by atoms with Crippen LogP contribution in [0.2, 0.25) is 0 Å². The molecule has 178 valence electrons. The van der Waals surface area contributed by atoms with Gasteiger partial charge < -0.3 is 15.6 Å². The number of hydrogen-bond acceptors (Lipinski definition) is 4. The van der Waals surface area contributed by atoms with Crippen LogP contribution in [0, 0.1) is 11.8 Å². The third kappa shape index (κ3) is 9.40. The highest BCUT2D eigenvalue weighted by Gasteiger charge is 2.13. The molecular weight excluding hydrogens is 414 g/mol. The maximum atomic E-state index is 9.36. The molecule has 0 saturated heterocycles. The molecule has 3 N–H and O–H groups in total. The highest BCUT2D eigenvalue weighted by molar-refractivity contribution is 8.08. The maximum absolute atomic E-state index is 9.36. The standard InChI is InChI=1S/C25H35NOS.C3H8O/c1-5-20(11-12-27)19(4)15-23-17-22(16-21(6-2)25(23)26)24-14-18(3)10-8-7-9-13-28-24;1-3-4-2/h7-10,14-18,20,27H,5-6,11-13,26H2,1-4H3;3H2,1-2H3/b9-7-,10-8-,19-15+,24-14-;. The van der Waals surface area contributed by atoms with Crippen LogP contribution >= 0.6 is 11.8 Å². The van der Waals surface area contributed by atoms with Crippen molar-refractivity contribution in [1.29, 1.82) is 0 Å². The van der Waals surface area contributed by atoms with Gasteiger partial charge in [0.1, 0.15) is 0 Å². The molecule has 1 heterocycles. The van der Waals surface area contributed by atoms with Crippen LogP contribution in [0.1, 0.15) is 64.2 Å². The first-order valence-electron chi connectivity index (χ1n) is 11.8. The van der Waals surface area contributed by atoms with E-state index >= 15 is 0 Å². The topological polar surface area (TPSA) is 55.5 Å². The minimum atomic E-state index is 0.224. The van der Waals surface area contributed by atoms with Crippen LogP contribution in [0.3, 0.4) is 0 Å². The fourth-order valence-electron chi connectivity index (χ4n) is 3.60. The summed E-state index contributed by atoms with van der Waals surface area (Å²) in [5, 5.41) is 9.36. The molecule has 0 radical (unpaired) electrons. The minimum absolute atomic E-state index is 0.224. The molecule has 2 rings (SSSR count). The molecule has 0 aromatic heterocycles. The zero-order chi connectivity index (χ0) is 23.9. The van der Waals surface area contributed by atoms with Crippen LogP contribution in [0.25, 0.3) is 11.0 Å². The number of ether oxygens (including phenoxy) is 1. The molecule has 0 fully saturated rings. The van der Waals surface area contributed by atoms with Gasteiger partial charge in [-0.1, -0.05) is 62.8 Å². The van der Waals surface area contributed by atoms with E-state index in [9.17, 15) is 5.11 Å². The number of aliphatic hydroxyl groups is 1. The van der Waals surface area contributed by atoms with Crippen molar-refractivity contribution >= 4 is 28.4 Å². The Balaban J connectivity index is 0.00000118. The summed E-state index contributed by atoms with van der Waals surface area (Å²) in [7, 11) is 1.68. The van der Waals surface area contributed by atoms with Crippen molar-refractivity contribution in [3.63, 3.8) is 0 Å². The molecule has 1 aliphatic rings. The average Bonchev–Trinajstić information content (AvgIpc) is 2.90. The smallest absolute Gasteiger partial charge is 0.0436 e. The number of benzene rings is 1. The van der Waals surface area contributed by atoms with Crippen molar-refractivity contribution in [2.75, 3.05) is 31.8 Å².